The average Bonchev–Trinajstić information content (AvgIpc) is 2.78. The van der Waals surface area contributed by atoms with Gasteiger partial charge in [0.2, 0.25) is 0 Å². The lowest BCUT2D eigenvalue weighted by molar-refractivity contribution is -0.0836. The van der Waals surface area contributed by atoms with Crippen molar-refractivity contribution in [3.63, 3.8) is 0 Å². The summed E-state index contributed by atoms with van der Waals surface area (Å²) in [6, 6.07) is 19.9. The predicted octanol–water partition coefficient (Wildman–Crippen LogP) is 4.47. The van der Waals surface area contributed by atoms with E-state index in [0.717, 1.165) is 24.0 Å². The third-order valence-electron chi connectivity index (χ3n) is 5.62. The second kappa shape index (κ2) is 13.9. The molecule has 6 heteroatoms. The highest BCUT2D eigenvalue weighted by molar-refractivity contribution is 6.20. The number of aliphatic hydroxyl groups excluding tert-OH is 2. The molecule has 2 aromatic carbocycles. The molecule has 176 valence electrons. The second-order valence-electron chi connectivity index (χ2n) is 8.56. The zero-order valence-corrected chi connectivity index (χ0v) is 19.3. The predicted molar refractivity (Wildman–Crippen MR) is 126 cm³/mol. The molecule has 5 atom stereocenters. The van der Waals surface area contributed by atoms with Gasteiger partial charge in [-0.2, -0.15) is 0 Å². The van der Waals surface area contributed by atoms with Crippen molar-refractivity contribution >= 4 is 11.6 Å². The first-order valence-corrected chi connectivity index (χ1v) is 11.9. The van der Waals surface area contributed by atoms with Crippen molar-refractivity contribution in [1.82, 2.24) is 0 Å². The molecular weight excluding hydrogens is 428 g/mol. The Balaban J connectivity index is 1.31. The molecule has 0 unspecified atom stereocenters. The van der Waals surface area contributed by atoms with Gasteiger partial charge in [-0.1, -0.05) is 60.7 Å². The minimum atomic E-state index is -0.716. The smallest absolute Gasteiger partial charge is 0.0798 e. The van der Waals surface area contributed by atoms with E-state index in [1.165, 1.54) is 0 Å². The van der Waals surface area contributed by atoms with E-state index in [-0.39, 0.29) is 30.6 Å². The molecule has 1 aliphatic heterocycles. The van der Waals surface area contributed by atoms with Crippen LogP contribution in [0.25, 0.3) is 0 Å². The highest BCUT2D eigenvalue weighted by atomic mass is 35.5. The highest BCUT2D eigenvalue weighted by Crippen LogP contribution is 2.28. The minimum Gasteiger partial charge on any atom is -0.393 e. The first-order valence-electron chi connectivity index (χ1n) is 11.5. The summed E-state index contributed by atoms with van der Waals surface area (Å²) in [5.41, 5.74) is 2.21. The first-order chi connectivity index (χ1) is 15.6. The lowest BCUT2D eigenvalue weighted by atomic mass is 9.96. The Morgan fingerprint density at radius 2 is 1.44 bits per heavy atom. The van der Waals surface area contributed by atoms with Gasteiger partial charge in [0.1, 0.15) is 0 Å². The van der Waals surface area contributed by atoms with Crippen molar-refractivity contribution in [1.29, 1.82) is 0 Å². The molecular formula is C26H35ClO5. The molecule has 1 heterocycles. The van der Waals surface area contributed by atoms with E-state index in [2.05, 4.69) is 0 Å². The van der Waals surface area contributed by atoms with E-state index in [4.69, 9.17) is 25.8 Å². The van der Waals surface area contributed by atoms with Crippen LogP contribution in [0.15, 0.2) is 60.7 Å². The first kappa shape index (κ1) is 25.2. The fourth-order valence-electron chi connectivity index (χ4n) is 4.04. The van der Waals surface area contributed by atoms with Gasteiger partial charge in [-0.15, -0.1) is 11.6 Å². The topological polar surface area (TPSA) is 68.2 Å². The molecule has 0 bridgehead atoms. The third-order valence-corrected chi connectivity index (χ3v) is 5.98. The standard InChI is InChI=1S/C26H35ClO5/c27-22-13-25(11-12-30-17-20-7-3-1-4-8-20)32-26(14-22)16-23(28)15-24(29)19-31-18-21-9-5-2-6-10-21/h1-10,22-26,28-29H,11-19H2/t22-,23+,24+,25+,26+/m1/s1. The van der Waals surface area contributed by atoms with Gasteiger partial charge < -0.3 is 24.4 Å². The van der Waals surface area contributed by atoms with Crippen LogP contribution in [0.3, 0.4) is 0 Å². The molecule has 1 aliphatic rings. The summed E-state index contributed by atoms with van der Waals surface area (Å²) in [7, 11) is 0. The Hall–Kier alpha value is -1.47. The van der Waals surface area contributed by atoms with Crippen LogP contribution in [0.2, 0.25) is 0 Å². The summed E-state index contributed by atoms with van der Waals surface area (Å²) >= 11 is 6.46. The van der Waals surface area contributed by atoms with Crippen molar-refractivity contribution < 1.29 is 24.4 Å². The van der Waals surface area contributed by atoms with Crippen molar-refractivity contribution in [2.24, 2.45) is 0 Å². The second-order valence-corrected chi connectivity index (χ2v) is 9.17. The minimum absolute atomic E-state index is 0.0263. The van der Waals surface area contributed by atoms with Gasteiger partial charge in [0.15, 0.2) is 0 Å². The summed E-state index contributed by atoms with van der Waals surface area (Å²) in [5, 5.41) is 20.7. The van der Waals surface area contributed by atoms with Crippen LogP contribution < -0.4 is 0 Å². The maximum Gasteiger partial charge on any atom is 0.0798 e. The summed E-state index contributed by atoms with van der Waals surface area (Å²) < 4.78 is 17.5. The summed E-state index contributed by atoms with van der Waals surface area (Å²) in [6.07, 6.45) is 1.53. The van der Waals surface area contributed by atoms with Gasteiger partial charge in [-0.05, 0) is 36.8 Å². The molecule has 3 rings (SSSR count). The maximum atomic E-state index is 10.4. The summed E-state index contributed by atoms with van der Waals surface area (Å²) in [5.74, 6) is 0. The number of rotatable bonds is 13. The summed E-state index contributed by atoms with van der Waals surface area (Å²) in [4.78, 5) is 0. The fourth-order valence-corrected chi connectivity index (χ4v) is 4.43. The van der Waals surface area contributed by atoms with E-state index in [1.54, 1.807) is 0 Å². The van der Waals surface area contributed by atoms with Gasteiger partial charge in [-0.25, -0.2) is 0 Å². The molecule has 2 N–H and O–H groups in total. The molecule has 2 aromatic rings. The van der Waals surface area contributed by atoms with Gasteiger partial charge >= 0.3 is 0 Å². The van der Waals surface area contributed by atoms with E-state index in [1.807, 2.05) is 60.7 Å². The molecule has 32 heavy (non-hydrogen) atoms. The van der Waals surface area contributed by atoms with Gasteiger partial charge in [0, 0.05) is 18.4 Å². The number of aliphatic hydroxyl groups is 2. The SMILES string of the molecule is O[C@H](COCc1ccccc1)C[C@H](O)C[C@@H]1C[C@H](Cl)C[C@H](CCOCc2ccccc2)O1. The quantitative estimate of drug-likeness (QED) is 0.339. The molecule has 0 saturated carbocycles. The van der Waals surface area contributed by atoms with Crippen molar-refractivity contribution in [3.05, 3.63) is 71.8 Å². The van der Waals surface area contributed by atoms with Crippen LogP contribution in [0.4, 0.5) is 0 Å². The van der Waals surface area contributed by atoms with Crippen molar-refractivity contribution in [3.8, 4) is 0 Å². The number of hydrogen-bond donors (Lipinski definition) is 2. The van der Waals surface area contributed by atoms with Crippen molar-refractivity contribution in [2.45, 2.75) is 75.1 Å². The van der Waals surface area contributed by atoms with Crippen LogP contribution in [-0.4, -0.2) is 53.2 Å². The number of benzene rings is 2. The number of alkyl halides is 1. The zero-order chi connectivity index (χ0) is 22.6. The number of ether oxygens (including phenoxy) is 3. The largest absolute Gasteiger partial charge is 0.393 e. The lowest BCUT2D eigenvalue weighted by Gasteiger charge is -2.34. The normalized spacial score (nSPS) is 23.0. The highest BCUT2D eigenvalue weighted by Gasteiger charge is 2.30. The van der Waals surface area contributed by atoms with Crippen molar-refractivity contribution in [2.75, 3.05) is 13.2 Å². The monoisotopic (exact) mass is 462 g/mol. The van der Waals surface area contributed by atoms with Gasteiger partial charge in [0.05, 0.1) is 44.2 Å². The Bertz CT molecular complexity index is 744. The molecule has 0 aromatic heterocycles. The average molecular weight is 463 g/mol. The molecule has 0 radical (unpaired) electrons. The molecule has 1 fully saturated rings. The molecule has 0 spiro atoms. The Kier molecular flexibility index (Phi) is 11.0. The Morgan fingerprint density at radius 1 is 0.844 bits per heavy atom. The number of halogens is 1. The van der Waals surface area contributed by atoms with Crippen LogP contribution in [0.1, 0.15) is 43.2 Å². The van der Waals surface area contributed by atoms with E-state index < -0.39 is 12.2 Å². The van der Waals surface area contributed by atoms with Crippen LogP contribution in [0.5, 0.6) is 0 Å². The van der Waals surface area contributed by atoms with Crippen LogP contribution in [-0.2, 0) is 27.4 Å². The van der Waals surface area contributed by atoms with Crippen LogP contribution >= 0.6 is 11.6 Å². The molecule has 5 nitrogen and oxygen atoms in total. The summed E-state index contributed by atoms with van der Waals surface area (Å²) in [6.45, 7) is 1.83. The molecule has 0 amide bonds. The zero-order valence-electron chi connectivity index (χ0n) is 18.5. The molecule has 0 aliphatic carbocycles. The van der Waals surface area contributed by atoms with Crippen LogP contribution in [0, 0.1) is 0 Å². The van der Waals surface area contributed by atoms with E-state index in [0.29, 0.717) is 32.7 Å². The fraction of sp³-hybridized carbons (Fsp3) is 0.538. The van der Waals surface area contributed by atoms with E-state index in [9.17, 15) is 10.2 Å². The van der Waals surface area contributed by atoms with Gasteiger partial charge in [-0.3, -0.25) is 0 Å². The Morgan fingerprint density at radius 3 is 2.09 bits per heavy atom. The van der Waals surface area contributed by atoms with E-state index >= 15 is 0 Å². The maximum absolute atomic E-state index is 10.4. The van der Waals surface area contributed by atoms with Gasteiger partial charge in [0.25, 0.3) is 0 Å². The number of hydrogen-bond acceptors (Lipinski definition) is 5. The Labute approximate surface area is 196 Å². The molecule has 1 saturated heterocycles. The third kappa shape index (κ3) is 9.57. The lowest BCUT2D eigenvalue weighted by Crippen LogP contribution is -2.37.